The second kappa shape index (κ2) is 7.15. The first-order valence-electron chi connectivity index (χ1n) is 11.3. The quantitative estimate of drug-likeness (QED) is 0.407. The number of imidazole rings is 1. The van der Waals surface area contributed by atoms with Crippen LogP contribution in [0.3, 0.4) is 0 Å². The van der Waals surface area contributed by atoms with Crippen molar-refractivity contribution in [2.45, 2.75) is 26.2 Å². The Labute approximate surface area is 196 Å². The average molecular weight is 453 g/mol. The van der Waals surface area contributed by atoms with E-state index in [0.717, 1.165) is 50.0 Å². The average Bonchev–Trinajstić information content (AvgIpc) is 3.51. The number of rotatable bonds is 4. The lowest BCUT2D eigenvalue weighted by atomic mass is 9.86. The molecular weight excluding hydrogens is 428 g/mol. The number of benzene rings is 2. The Kier molecular flexibility index (Phi) is 4.29. The predicted octanol–water partition coefficient (Wildman–Crippen LogP) is 4.82. The summed E-state index contributed by atoms with van der Waals surface area (Å²) in [6, 6.07) is 14.0. The Hall–Kier alpha value is -4.20. The van der Waals surface area contributed by atoms with Gasteiger partial charge in [0.1, 0.15) is 5.69 Å². The summed E-state index contributed by atoms with van der Waals surface area (Å²) in [7, 11) is 1.60. The molecule has 0 radical (unpaired) electrons. The molecule has 170 valence electrons. The fourth-order valence-electron chi connectivity index (χ4n) is 4.80. The number of hydrogen-bond acceptors (Lipinski definition) is 5. The number of fused-ring (bicyclic) bond motifs is 3. The van der Waals surface area contributed by atoms with Crippen LogP contribution < -0.4 is 9.64 Å². The van der Waals surface area contributed by atoms with Crippen LogP contribution in [0, 0.1) is 0 Å². The number of methoxy groups -OCH3 is 1. The highest BCUT2D eigenvalue weighted by atomic mass is 16.5. The molecule has 4 heterocycles. The zero-order chi connectivity index (χ0) is 23.6. The number of aromatic nitrogens is 5. The molecule has 1 aliphatic rings. The zero-order valence-corrected chi connectivity index (χ0v) is 19.4. The molecule has 1 aliphatic heterocycles. The first-order chi connectivity index (χ1) is 16.4. The number of nitrogens with zero attached hydrogens (tertiary/aromatic N) is 4. The molecule has 0 atom stereocenters. The van der Waals surface area contributed by atoms with Gasteiger partial charge < -0.3 is 14.6 Å². The molecule has 0 aliphatic carbocycles. The standard InChI is InChI=1S/C26H24N6O2/c1-5-32-21-12-20-19(11-17(21)26(2,3)25(32)33)28-24(29-20)23-16-10-14(6-8-18(16)30-31-23)15-7-9-22(34-4)27-13-15/h6-13H,5H2,1-4H3,(H,28,29)(H,30,31). The summed E-state index contributed by atoms with van der Waals surface area (Å²) in [4.78, 5) is 27.3. The number of anilines is 1. The van der Waals surface area contributed by atoms with Crippen LogP contribution >= 0.6 is 0 Å². The fraction of sp³-hybridized carbons (Fsp3) is 0.231. The van der Waals surface area contributed by atoms with Gasteiger partial charge in [0.25, 0.3) is 0 Å². The summed E-state index contributed by atoms with van der Waals surface area (Å²) in [5, 5.41) is 8.63. The smallest absolute Gasteiger partial charge is 0.237 e. The number of carbonyl (C=O) groups excluding carboxylic acids is 1. The normalized spacial score (nSPS) is 14.8. The first-order valence-corrected chi connectivity index (χ1v) is 11.3. The number of likely N-dealkylation sites (N-methyl/N-ethyl adjacent to an activating group) is 1. The molecule has 0 saturated heterocycles. The molecule has 0 saturated carbocycles. The van der Waals surface area contributed by atoms with Crippen LogP contribution in [0.15, 0.2) is 48.7 Å². The molecule has 0 bridgehead atoms. The maximum atomic E-state index is 12.9. The number of carbonyl (C=O) groups is 1. The van der Waals surface area contributed by atoms with Gasteiger partial charge in [0.2, 0.25) is 11.8 Å². The number of pyridine rings is 1. The van der Waals surface area contributed by atoms with E-state index in [1.165, 1.54) is 0 Å². The van der Waals surface area contributed by atoms with Gasteiger partial charge in [0, 0.05) is 29.8 Å². The van der Waals surface area contributed by atoms with Gasteiger partial charge in [-0.3, -0.25) is 9.89 Å². The largest absolute Gasteiger partial charge is 0.481 e. The van der Waals surface area contributed by atoms with Gasteiger partial charge >= 0.3 is 0 Å². The third kappa shape index (κ3) is 2.84. The zero-order valence-electron chi connectivity index (χ0n) is 19.4. The molecule has 8 heteroatoms. The Morgan fingerprint density at radius 3 is 2.62 bits per heavy atom. The summed E-state index contributed by atoms with van der Waals surface area (Å²) in [6.07, 6.45) is 1.80. The van der Waals surface area contributed by atoms with E-state index in [1.807, 2.05) is 62.1 Å². The fourth-order valence-corrected chi connectivity index (χ4v) is 4.80. The minimum atomic E-state index is -0.570. The second-order valence-electron chi connectivity index (χ2n) is 9.07. The summed E-state index contributed by atoms with van der Waals surface area (Å²) >= 11 is 0. The Bertz CT molecular complexity index is 1580. The van der Waals surface area contributed by atoms with Gasteiger partial charge in [-0.1, -0.05) is 6.07 Å². The molecule has 1 amide bonds. The number of H-pyrrole nitrogens is 2. The van der Waals surface area contributed by atoms with E-state index in [-0.39, 0.29) is 5.91 Å². The van der Waals surface area contributed by atoms with Crippen LogP contribution in [-0.4, -0.2) is 44.7 Å². The highest BCUT2D eigenvalue weighted by Crippen LogP contribution is 2.43. The van der Waals surface area contributed by atoms with E-state index in [4.69, 9.17) is 9.72 Å². The lowest BCUT2D eigenvalue weighted by Crippen LogP contribution is -2.35. The number of amides is 1. The monoisotopic (exact) mass is 452 g/mol. The lowest BCUT2D eigenvalue weighted by molar-refractivity contribution is -0.122. The minimum Gasteiger partial charge on any atom is -0.481 e. The Morgan fingerprint density at radius 1 is 1.06 bits per heavy atom. The lowest BCUT2D eigenvalue weighted by Gasteiger charge is -2.18. The molecular formula is C26H24N6O2. The van der Waals surface area contributed by atoms with Crippen molar-refractivity contribution in [2.75, 3.05) is 18.6 Å². The van der Waals surface area contributed by atoms with E-state index in [2.05, 4.69) is 26.2 Å². The predicted molar refractivity (Wildman–Crippen MR) is 132 cm³/mol. The number of hydrogen-bond donors (Lipinski definition) is 2. The van der Waals surface area contributed by atoms with Gasteiger partial charge in [0.15, 0.2) is 5.82 Å². The Balaban J connectivity index is 1.46. The van der Waals surface area contributed by atoms with E-state index in [1.54, 1.807) is 13.3 Å². The van der Waals surface area contributed by atoms with E-state index < -0.39 is 5.41 Å². The van der Waals surface area contributed by atoms with Gasteiger partial charge in [-0.15, -0.1) is 0 Å². The van der Waals surface area contributed by atoms with Crippen LogP contribution in [0.4, 0.5) is 5.69 Å². The van der Waals surface area contributed by atoms with Crippen LogP contribution in [0.2, 0.25) is 0 Å². The van der Waals surface area contributed by atoms with Crippen LogP contribution in [-0.2, 0) is 10.2 Å². The van der Waals surface area contributed by atoms with Crippen molar-refractivity contribution >= 4 is 33.5 Å². The SMILES string of the molecule is CCN1C(=O)C(C)(C)c2cc3nc(-c4n[nH]c5ccc(-c6ccc(OC)nc6)cc45)[nH]c3cc21. The van der Waals surface area contributed by atoms with E-state index in [9.17, 15) is 4.79 Å². The first kappa shape index (κ1) is 20.4. The highest BCUT2D eigenvalue weighted by molar-refractivity contribution is 6.09. The summed E-state index contributed by atoms with van der Waals surface area (Å²) in [5.41, 5.74) is 6.76. The molecule has 34 heavy (non-hydrogen) atoms. The number of aromatic amines is 2. The maximum Gasteiger partial charge on any atom is 0.237 e. The van der Waals surface area contributed by atoms with Gasteiger partial charge in [-0.2, -0.15) is 5.10 Å². The van der Waals surface area contributed by atoms with Crippen molar-refractivity contribution < 1.29 is 9.53 Å². The van der Waals surface area contributed by atoms with Crippen LogP contribution in [0.1, 0.15) is 26.3 Å². The number of nitrogens with one attached hydrogen (secondary N) is 2. The molecule has 0 unspecified atom stereocenters. The van der Waals surface area contributed by atoms with Crippen molar-refractivity contribution in [1.82, 2.24) is 25.1 Å². The molecule has 5 aromatic rings. The molecule has 2 N–H and O–H groups in total. The van der Waals surface area contributed by atoms with Gasteiger partial charge in [0.05, 0.1) is 34.8 Å². The third-order valence-electron chi connectivity index (χ3n) is 6.73. The third-order valence-corrected chi connectivity index (χ3v) is 6.73. The molecule has 8 nitrogen and oxygen atoms in total. The van der Waals surface area contributed by atoms with Gasteiger partial charge in [-0.05, 0) is 62.2 Å². The van der Waals surface area contributed by atoms with Crippen LogP contribution in [0.5, 0.6) is 5.88 Å². The molecule has 3 aromatic heterocycles. The molecule has 6 rings (SSSR count). The van der Waals surface area contributed by atoms with Crippen molar-refractivity contribution in [3.8, 4) is 28.5 Å². The summed E-state index contributed by atoms with van der Waals surface area (Å²) < 4.78 is 5.17. The number of ether oxygens (including phenoxy) is 1. The van der Waals surface area contributed by atoms with Crippen molar-refractivity contribution in [2.24, 2.45) is 0 Å². The highest BCUT2D eigenvalue weighted by Gasteiger charge is 2.43. The minimum absolute atomic E-state index is 0.122. The molecule has 0 spiro atoms. The Morgan fingerprint density at radius 2 is 1.88 bits per heavy atom. The second-order valence-corrected chi connectivity index (χ2v) is 9.07. The van der Waals surface area contributed by atoms with Crippen molar-refractivity contribution in [3.05, 3.63) is 54.2 Å². The van der Waals surface area contributed by atoms with Gasteiger partial charge in [-0.25, -0.2) is 9.97 Å². The van der Waals surface area contributed by atoms with E-state index in [0.29, 0.717) is 18.2 Å². The molecule has 2 aromatic carbocycles. The van der Waals surface area contributed by atoms with E-state index >= 15 is 0 Å². The van der Waals surface area contributed by atoms with Crippen molar-refractivity contribution in [1.29, 1.82) is 0 Å². The van der Waals surface area contributed by atoms with Crippen LogP contribution in [0.25, 0.3) is 44.6 Å². The summed E-state index contributed by atoms with van der Waals surface area (Å²) in [6.45, 7) is 6.58. The summed E-state index contributed by atoms with van der Waals surface area (Å²) in [5.74, 6) is 1.38. The maximum absolute atomic E-state index is 12.9. The molecule has 0 fully saturated rings. The van der Waals surface area contributed by atoms with Crippen molar-refractivity contribution in [3.63, 3.8) is 0 Å². The topological polar surface area (TPSA) is 99.8 Å².